The van der Waals surface area contributed by atoms with Crippen LogP contribution in [0.4, 0.5) is 0 Å². The van der Waals surface area contributed by atoms with Crippen LogP contribution in [0.5, 0.6) is 5.88 Å². The molecule has 2 rings (SSSR count). The standard InChI is InChI=1S/C22H25ClN2O2/c1-6-16(13-24-15(2)22(3,4)26)10-17-11-20(21(27-5)25-14-17)18-8-7-9-19(23)12-18/h6-9,11-14,26H,2,10H2,1,3-5H3/b16-6-,24-13-. The number of aliphatic imine (C=N–C) groups is 1. The minimum Gasteiger partial charge on any atom is -0.481 e. The molecule has 0 aliphatic rings. The first-order valence-electron chi connectivity index (χ1n) is 8.64. The summed E-state index contributed by atoms with van der Waals surface area (Å²) in [5.74, 6) is 0.548. The second kappa shape index (κ2) is 8.98. The molecule has 0 spiro atoms. The maximum absolute atomic E-state index is 9.94. The average molecular weight is 385 g/mol. The average Bonchev–Trinajstić information content (AvgIpc) is 2.63. The molecule has 1 aromatic carbocycles. The number of hydrogen-bond acceptors (Lipinski definition) is 4. The summed E-state index contributed by atoms with van der Waals surface area (Å²) in [6, 6.07) is 9.63. The van der Waals surface area contributed by atoms with E-state index in [1.807, 2.05) is 43.3 Å². The van der Waals surface area contributed by atoms with Gasteiger partial charge in [-0.25, -0.2) is 4.98 Å². The molecule has 142 valence electrons. The highest BCUT2D eigenvalue weighted by Gasteiger charge is 2.16. The number of aromatic nitrogens is 1. The minimum atomic E-state index is -1.04. The molecule has 5 heteroatoms. The molecule has 1 N–H and O–H groups in total. The number of aliphatic hydroxyl groups is 1. The van der Waals surface area contributed by atoms with E-state index in [1.165, 1.54) is 0 Å². The fourth-order valence-electron chi connectivity index (χ4n) is 2.39. The number of halogens is 1. The van der Waals surface area contributed by atoms with Gasteiger partial charge in [0.2, 0.25) is 5.88 Å². The van der Waals surface area contributed by atoms with E-state index >= 15 is 0 Å². The smallest absolute Gasteiger partial charge is 0.221 e. The molecule has 0 unspecified atom stereocenters. The monoisotopic (exact) mass is 384 g/mol. The molecule has 0 amide bonds. The van der Waals surface area contributed by atoms with Gasteiger partial charge < -0.3 is 9.84 Å². The predicted octanol–water partition coefficient (Wildman–Crippen LogP) is 5.25. The van der Waals surface area contributed by atoms with Gasteiger partial charge >= 0.3 is 0 Å². The fraction of sp³-hybridized carbons (Fsp3) is 0.273. The van der Waals surface area contributed by atoms with Crippen LogP contribution in [0.25, 0.3) is 11.1 Å². The highest BCUT2D eigenvalue weighted by atomic mass is 35.5. The van der Waals surface area contributed by atoms with Crippen LogP contribution in [0.15, 0.2) is 65.4 Å². The van der Waals surface area contributed by atoms with E-state index in [2.05, 4.69) is 16.6 Å². The van der Waals surface area contributed by atoms with Crippen LogP contribution in [0.3, 0.4) is 0 Å². The molecule has 0 atom stereocenters. The van der Waals surface area contributed by atoms with Gasteiger partial charge in [0.1, 0.15) is 5.60 Å². The lowest BCUT2D eigenvalue weighted by molar-refractivity contribution is 0.119. The molecule has 0 bridgehead atoms. The first-order valence-corrected chi connectivity index (χ1v) is 9.02. The SMILES string of the molecule is C=C(/N=C\C(=C/C)Cc1cnc(OC)c(-c2cccc(Cl)c2)c1)C(C)(C)O. The van der Waals surface area contributed by atoms with Crippen LogP contribution in [-0.4, -0.2) is 29.0 Å². The molecule has 27 heavy (non-hydrogen) atoms. The molecular weight excluding hydrogens is 360 g/mol. The summed E-state index contributed by atoms with van der Waals surface area (Å²) in [6.07, 6.45) is 6.13. The molecule has 2 aromatic rings. The Morgan fingerprint density at radius 1 is 1.37 bits per heavy atom. The molecule has 1 aromatic heterocycles. The van der Waals surface area contributed by atoms with E-state index in [9.17, 15) is 5.11 Å². The highest BCUT2D eigenvalue weighted by Crippen LogP contribution is 2.31. The second-order valence-corrected chi connectivity index (χ2v) is 7.15. The summed E-state index contributed by atoms with van der Waals surface area (Å²) < 4.78 is 5.41. The number of hydrogen-bond donors (Lipinski definition) is 1. The molecule has 0 radical (unpaired) electrons. The van der Waals surface area contributed by atoms with E-state index in [0.717, 1.165) is 22.3 Å². The topological polar surface area (TPSA) is 54.7 Å². The Balaban J connectivity index is 2.30. The lowest BCUT2D eigenvalue weighted by atomic mass is 10.0. The summed E-state index contributed by atoms with van der Waals surface area (Å²) in [5, 5.41) is 10.6. The van der Waals surface area contributed by atoms with Gasteiger partial charge in [-0.3, -0.25) is 4.99 Å². The Bertz CT molecular complexity index is 880. The summed E-state index contributed by atoms with van der Waals surface area (Å²) in [7, 11) is 1.60. The van der Waals surface area contributed by atoms with Crippen molar-refractivity contribution in [2.75, 3.05) is 7.11 Å². The summed E-state index contributed by atoms with van der Waals surface area (Å²) in [5.41, 5.74) is 3.19. The van der Waals surface area contributed by atoms with Crippen molar-refractivity contribution in [3.63, 3.8) is 0 Å². The number of methoxy groups -OCH3 is 1. The van der Waals surface area contributed by atoms with Crippen LogP contribution < -0.4 is 4.74 Å². The van der Waals surface area contributed by atoms with Crippen LogP contribution in [0.2, 0.25) is 5.02 Å². The molecule has 0 aliphatic carbocycles. The second-order valence-electron chi connectivity index (χ2n) is 6.72. The first kappa shape index (κ1) is 20.9. The van der Waals surface area contributed by atoms with E-state index < -0.39 is 5.60 Å². The Labute approximate surface area is 165 Å². The van der Waals surface area contributed by atoms with Crippen LogP contribution in [0, 0.1) is 0 Å². The van der Waals surface area contributed by atoms with Gasteiger partial charge in [0.15, 0.2) is 0 Å². The van der Waals surface area contributed by atoms with Gasteiger partial charge in [-0.05, 0) is 55.7 Å². The van der Waals surface area contributed by atoms with E-state index in [4.69, 9.17) is 16.3 Å². The first-order chi connectivity index (χ1) is 12.7. The maximum Gasteiger partial charge on any atom is 0.221 e. The molecular formula is C22H25ClN2O2. The summed E-state index contributed by atoms with van der Waals surface area (Å²) >= 11 is 6.13. The van der Waals surface area contributed by atoms with Crippen molar-refractivity contribution < 1.29 is 9.84 Å². The maximum atomic E-state index is 9.94. The quantitative estimate of drug-likeness (QED) is 0.663. The largest absolute Gasteiger partial charge is 0.481 e. The van der Waals surface area contributed by atoms with Crippen molar-refractivity contribution in [3.8, 4) is 17.0 Å². The molecule has 4 nitrogen and oxygen atoms in total. The van der Waals surface area contributed by atoms with Crippen molar-refractivity contribution in [1.82, 2.24) is 4.98 Å². The van der Waals surface area contributed by atoms with Gasteiger partial charge in [-0.1, -0.05) is 36.4 Å². The molecule has 0 fully saturated rings. The zero-order chi connectivity index (χ0) is 20.0. The molecule has 0 saturated carbocycles. The van der Waals surface area contributed by atoms with Crippen molar-refractivity contribution in [2.24, 2.45) is 4.99 Å². The van der Waals surface area contributed by atoms with Crippen molar-refractivity contribution >= 4 is 17.8 Å². The van der Waals surface area contributed by atoms with Crippen LogP contribution >= 0.6 is 11.6 Å². The number of nitrogens with zero attached hydrogens (tertiary/aromatic N) is 2. The van der Waals surface area contributed by atoms with E-state index in [0.29, 0.717) is 23.0 Å². The van der Waals surface area contributed by atoms with Crippen LogP contribution in [0.1, 0.15) is 26.3 Å². The zero-order valence-electron chi connectivity index (χ0n) is 16.2. The predicted molar refractivity (Wildman–Crippen MR) is 113 cm³/mol. The summed E-state index contributed by atoms with van der Waals surface area (Å²) in [4.78, 5) is 8.72. The Kier molecular flexibility index (Phi) is 6.94. The Hall–Kier alpha value is -2.43. The fourth-order valence-corrected chi connectivity index (χ4v) is 2.58. The lowest BCUT2D eigenvalue weighted by Gasteiger charge is -2.16. The molecule has 1 heterocycles. The summed E-state index contributed by atoms with van der Waals surface area (Å²) in [6.45, 7) is 9.07. The molecule has 0 aliphatic heterocycles. The van der Waals surface area contributed by atoms with Crippen LogP contribution in [-0.2, 0) is 6.42 Å². The number of allylic oxidation sites excluding steroid dienone is 2. The Morgan fingerprint density at radius 2 is 2.11 bits per heavy atom. The van der Waals surface area contributed by atoms with Gasteiger partial charge in [0.05, 0.1) is 12.8 Å². The van der Waals surface area contributed by atoms with Gasteiger partial charge in [-0.15, -0.1) is 0 Å². The number of pyridine rings is 1. The Morgan fingerprint density at radius 3 is 2.70 bits per heavy atom. The van der Waals surface area contributed by atoms with Crippen molar-refractivity contribution in [2.45, 2.75) is 32.8 Å². The van der Waals surface area contributed by atoms with Crippen molar-refractivity contribution in [1.29, 1.82) is 0 Å². The van der Waals surface area contributed by atoms with Crippen molar-refractivity contribution in [3.05, 3.63) is 71.0 Å². The van der Waals surface area contributed by atoms with Gasteiger partial charge in [0.25, 0.3) is 0 Å². The zero-order valence-corrected chi connectivity index (χ0v) is 16.9. The third kappa shape index (κ3) is 5.78. The lowest BCUT2D eigenvalue weighted by Crippen LogP contribution is -2.20. The number of rotatable bonds is 7. The van der Waals surface area contributed by atoms with E-state index in [1.54, 1.807) is 33.4 Å². The number of benzene rings is 1. The number of ether oxygens (including phenoxy) is 1. The molecule has 0 saturated heterocycles. The highest BCUT2D eigenvalue weighted by molar-refractivity contribution is 6.30. The van der Waals surface area contributed by atoms with Gasteiger partial charge in [0, 0.05) is 29.4 Å². The minimum absolute atomic E-state index is 0.411. The third-order valence-corrected chi connectivity index (χ3v) is 4.34. The van der Waals surface area contributed by atoms with E-state index in [-0.39, 0.29) is 0 Å². The third-order valence-electron chi connectivity index (χ3n) is 4.11. The normalized spacial score (nSPS) is 12.4. The van der Waals surface area contributed by atoms with Gasteiger partial charge in [-0.2, -0.15) is 0 Å².